The molecule has 2 atom stereocenters. The maximum absolute atomic E-state index is 13.3. The normalized spacial score (nSPS) is 14.4. The van der Waals surface area contributed by atoms with E-state index in [1.807, 2.05) is 20.8 Å². The van der Waals surface area contributed by atoms with E-state index in [1.165, 1.54) is 4.90 Å². The molecule has 0 saturated heterocycles. The molecule has 0 aliphatic carbocycles. The van der Waals surface area contributed by atoms with Crippen molar-refractivity contribution in [2.24, 2.45) is 5.41 Å². The quantitative estimate of drug-likeness (QED) is 0.373. The Morgan fingerprint density at radius 1 is 1.14 bits per heavy atom. The predicted molar refractivity (Wildman–Crippen MR) is 114 cm³/mol. The average molecular weight is 411 g/mol. The van der Waals surface area contributed by atoms with Crippen LogP contribution in [0.2, 0.25) is 0 Å². The van der Waals surface area contributed by atoms with Crippen LogP contribution in [0.3, 0.4) is 0 Å². The van der Waals surface area contributed by atoms with Crippen molar-refractivity contribution in [1.82, 2.24) is 10.2 Å². The summed E-state index contributed by atoms with van der Waals surface area (Å²) in [7, 11) is 1.64. The molecule has 0 aromatic carbocycles. The number of hydrogen-bond acceptors (Lipinski definition) is 5. The van der Waals surface area contributed by atoms with Gasteiger partial charge in [-0.2, -0.15) is 0 Å². The number of amides is 2. The smallest absolute Gasteiger partial charge is 0.408 e. The lowest BCUT2D eigenvalue weighted by Crippen LogP contribution is -2.56. The molecule has 0 spiro atoms. The molecule has 0 aliphatic heterocycles. The summed E-state index contributed by atoms with van der Waals surface area (Å²) in [5, 5.41) is 2.70. The van der Waals surface area contributed by atoms with Crippen LogP contribution in [0.5, 0.6) is 0 Å². The number of likely N-dealkylation sites (N-methyl/N-ethyl adjacent to an activating group) is 1. The molecule has 0 bridgehead atoms. The Kier molecular flexibility index (Phi) is 10.1. The largest absolute Gasteiger partial charge is 0.463 e. The number of hydrogen-bond donors (Lipinski definition) is 1. The lowest BCUT2D eigenvalue weighted by molar-refractivity contribution is -0.139. The molecule has 0 aliphatic rings. The maximum Gasteiger partial charge on any atom is 0.408 e. The van der Waals surface area contributed by atoms with Crippen molar-refractivity contribution in [1.29, 1.82) is 0 Å². The number of nitrogens with one attached hydrogen (secondary N) is 1. The van der Waals surface area contributed by atoms with Crippen LogP contribution in [-0.2, 0) is 19.1 Å². The summed E-state index contributed by atoms with van der Waals surface area (Å²) < 4.78 is 10.3. The number of rotatable bonds is 8. The highest BCUT2D eigenvalue weighted by atomic mass is 16.6. The second-order valence-corrected chi connectivity index (χ2v) is 9.06. The van der Waals surface area contributed by atoms with E-state index >= 15 is 0 Å². The van der Waals surface area contributed by atoms with Crippen LogP contribution < -0.4 is 5.32 Å². The molecule has 1 unspecified atom stereocenters. The summed E-state index contributed by atoms with van der Waals surface area (Å²) >= 11 is 0. The van der Waals surface area contributed by atoms with Gasteiger partial charge in [0.05, 0.1) is 12.6 Å². The zero-order valence-electron chi connectivity index (χ0n) is 19.4. The molecule has 0 fully saturated rings. The Labute approximate surface area is 175 Å². The van der Waals surface area contributed by atoms with Crippen LogP contribution in [0.4, 0.5) is 4.79 Å². The third-order valence-corrected chi connectivity index (χ3v) is 4.07. The molecule has 0 heterocycles. The highest BCUT2D eigenvalue weighted by molar-refractivity contribution is 5.89. The Hall–Kier alpha value is -2.31. The van der Waals surface area contributed by atoms with Crippen molar-refractivity contribution in [2.75, 3.05) is 13.7 Å². The molecule has 0 saturated carbocycles. The van der Waals surface area contributed by atoms with Crippen LogP contribution in [0.25, 0.3) is 0 Å². The molecule has 2 amide bonds. The van der Waals surface area contributed by atoms with Crippen molar-refractivity contribution in [3.63, 3.8) is 0 Å². The van der Waals surface area contributed by atoms with Crippen molar-refractivity contribution >= 4 is 18.0 Å². The maximum atomic E-state index is 13.3. The Morgan fingerprint density at radius 2 is 1.69 bits per heavy atom. The fourth-order valence-electron chi connectivity index (χ4n) is 2.55. The zero-order chi connectivity index (χ0) is 23.0. The highest BCUT2D eigenvalue weighted by Gasteiger charge is 2.37. The Bertz CT molecular complexity index is 626. The second kappa shape index (κ2) is 11.0. The summed E-state index contributed by atoms with van der Waals surface area (Å²) in [5.74, 6) is -0.718. The second-order valence-electron chi connectivity index (χ2n) is 9.06. The average Bonchev–Trinajstić information content (AvgIpc) is 2.55. The van der Waals surface area contributed by atoms with Gasteiger partial charge in [0, 0.05) is 12.6 Å². The van der Waals surface area contributed by atoms with Gasteiger partial charge in [0.25, 0.3) is 0 Å². The van der Waals surface area contributed by atoms with Gasteiger partial charge in [-0.05, 0) is 46.5 Å². The first-order valence-corrected chi connectivity index (χ1v) is 9.86. The minimum Gasteiger partial charge on any atom is -0.463 e. The van der Waals surface area contributed by atoms with E-state index in [2.05, 4.69) is 11.9 Å². The fraction of sp³-hybridized carbons (Fsp3) is 0.682. The zero-order valence-corrected chi connectivity index (χ0v) is 19.4. The Balaban J connectivity index is 5.67. The summed E-state index contributed by atoms with van der Waals surface area (Å²) in [6.07, 6.45) is 3.15. The van der Waals surface area contributed by atoms with Crippen molar-refractivity contribution in [3.8, 4) is 0 Å². The number of ether oxygens (including phenoxy) is 2. The third kappa shape index (κ3) is 9.63. The van der Waals surface area contributed by atoms with Crippen molar-refractivity contribution in [2.45, 2.75) is 79.5 Å². The van der Waals surface area contributed by atoms with E-state index < -0.39 is 35.2 Å². The predicted octanol–water partition coefficient (Wildman–Crippen LogP) is 3.84. The summed E-state index contributed by atoms with van der Waals surface area (Å²) in [4.78, 5) is 39.0. The number of alkyl carbamates (subject to hydrolysis) is 1. The molecule has 7 heteroatoms. The number of carbonyl (C=O) groups excluding carboxylic acids is 3. The molecule has 166 valence electrons. The van der Waals surface area contributed by atoms with Crippen LogP contribution >= 0.6 is 0 Å². The number of carbonyl (C=O) groups is 3. The van der Waals surface area contributed by atoms with E-state index in [-0.39, 0.29) is 12.5 Å². The number of nitrogens with zero attached hydrogens (tertiary/aromatic N) is 1. The van der Waals surface area contributed by atoms with Gasteiger partial charge in [-0.1, -0.05) is 32.9 Å². The van der Waals surface area contributed by atoms with Gasteiger partial charge in [0.1, 0.15) is 11.6 Å². The van der Waals surface area contributed by atoms with E-state index in [4.69, 9.17) is 9.47 Å². The summed E-state index contributed by atoms with van der Waals surface area (Å²) in [6, 6.07) is -1.22. The first-order valence-electron chi connectivity index (χ1n) is 9.86. The minimum absolute atomic E-state index is 0.275. The molecule has 0 aromatic heterocycles. The first-order chi connectivity index (χ1) is 13.1. The van der Waals surface area contributed by atoms with Crippen molar-refractivity contribution < 1.29 is 23.9 Å². The van der Waals surface area contributed by atoms with Gasteiger partial charge in [-0.25, -0.2) is 9.59 Å². The number of esters is 1. The van der Waals surface area contributed by atoms with E-state index in [0.717, 1.165) is 0 Å². The topological polar surface area (TPSA) is 84.9 Å². The molecule has 0 radical (unpaired) electrons. The lowest BCUT2D eigenvalue weighted by Gasteiger charge is -2.36. The van der Waals surface area contributed by atoms with Gasteiger partial charge in [-0.3, -0.25) is 4.79 Å². The molecule has 29 heavy (non-hydrogen) atoms. The van der Waals surface area contributed by atoms with Gasteiger partial charge in [-0.15, -0.1) is 6.58 Å². The van der Waals surface area contributed by atoms with E-state index in [1.54, 1.807) is 53.8 Å². The van der Waals surface area contributed by atoms with Gasteiger partial charge in [0.2, 0.25) is 5.91 Å². The van der Waals surface area contributed by atoms with E-state index in [0.29, 0.717) is 12.0 Å². The first kappa shape index (κ1) is 26.7. The van der Waals surface area contributed by atoms with Gasteiger partial charge < -0.3 is 19.7 Å². The SMILES string of the molecule is C=CCC(/C=C(\C)C(=O)OCC)N(C)C(=O)[C@@H](NC(=O)OC(C)(C)C)C(C)(C)C. The molecule has 1 N–H and O–H groups in total. The van der Waals surface area contributed by atoms with Crippen LogP contribution in [0.1, 0.15) is 61.8 Å². The Morgan fingerprint density at radius 3 is 2.10 bits per heavy atom. The molecular weight excluding hydrogens is 372 g/mol. The third-order valence-electron chi connectivity index (χ3n) is 4.07. The standard InChI is InChI=1S/C22H38N2O5/c1-11-13-16(14-15(3)19(26)28-12-2)24(10)18(25)17(21(4,5)6)23-20(27)29-22(7,8)9/h11,14,16-17H,1,12-13H2,2-10H3,(H,23,27)/b15-14+/t16?,17-/m1/s1. The molecule has 0 rings (SSSR count). The van der Waals surface area contributed by atoms with Crippen LogP contribution in [0, 0.1) is 5.41 Å². The lowest BCUT2D eigenvalue weighted by atomic mass is 9.85. The summed E-state index contributed by atoms with van der Waals surface area (Å²) in [5.41, 5.74) is -0.821. The van der Waals surface area contributed by atoms with E-state index in [9.17, 15) is 14.4 Å². The van der Waals surface area contributed by atoms with Crippen molar-refractivity contribution in [3.05, 3.63) is 24.3 Å². The van der Waals surface area contributed by atoms with Crippen LogP contribution in [0.15, 0.2) is 24.3 Å². The molecular formula is C22H38N2O5. The van der Waals surface area contributed by atoms with Crippen LogP contribution in [-0.4, -0.2) is 54.2 Å². The highest BCUT2D eigenvalue weighted by Crippen LogP contribution is 2.23. The summed E-state index contributed by atoms with van der Waals surface area (Å²) in [6.45, 7) is 18.3. The fourth-order valence-corrected chi connectivity index (χ4v) is 2.55. The minimum atomic E-state index is -0.814. The van der Waals surface area contributed by atoms with Gasteiger partial charge in [0.15, 0.2) is 0 Å². The molecule has 7 nitrogen and oxygen atoms in total. The van der Waals surface area contributed by atoms with Gasteiger partial charge >= 0.3 is 12.1 Å². The molecule has 0 aromatic rings. The monoisotopic (exact) mass is 410 g/mol.